The summed E-state index contributed by atoms with van der Waals surface area (Å²) < 4.78 is 5.46. The van der Waals surface area contributed by atoms with E-state index in [1.807, 2.05) is 32.9 Å². The second kappa shape index (κ2) is 7.88. The fraction of sp³-hybridized carbons (Fsp3) is 0.667. The molecule has 1 aromatic heterocycles. The van der Waals surface area contributed by atoms with E-state index in [9.17, 15) is 9.90 Å². The molecule has 5 heteroatoms. The largest absolute Gasteiger partial charge is 0.460 e. The van der Waals surface area contributed by atoms with Gasteiger partial charge in [-0.25, -0.2) is 0 Å². The number of carbonyl (C=O) groups excluding carboxylic acids is 1. The molecular formula is C18H28N2O3. The molecule has 0 amide bonds. The van der Waals surface area contributed by atoms with E-state index in [1.54, 1.807) is 12.4 Å². The third kappa shape index (κ3) is 5.92. The first kappa shape index (κ1) is 17.9. The zero-order chi connectivity index (χ0) is 16.9. The van der Waals surface area contributed by atoms with Gasteiger partial charge in [0.05, 0.1) is 12.0 Å². The van der Waals surface area contributed by atoms with Crippen LogP contribution in [0, 0.1) is 5.92 Å². The molecule has 5 nitrogen and oxygen atoms in total. The van der Waals surface area contributed by atoms with Crippen molar-refractivity contribution < 1.29 is 14.6 Å². The minimum Gasteiger partial charge on any atom is -0.460 e. The number of ether oxygens (including phenoxy) is 1. The van der Waals surface area contributed by atoms with Gasteiger partial charge in [-0.05, 0) is 64.2 Å². The number of hydrogen-bond acceptors (Lipinski definition) is 5. The molecule has 1 aliphatic rings. The van der Waals surface area contributed by atoms with Gasteiger partial charge in [0.25, 0.3) is 0 Å². The number of aliphatic hydroxyl groups is 1. The van der Waals surface area contributed by atoms with Gasteiger partial charge < -0.3 is 15.2 Å². The highest BCUT2D eigenvalue weighted by molar-refractivity contribution is 5.73. The molecule has 1 unspecified atom stereocenters. The molecule has 0 bridgehead atoms. The summed E-state index contributed by atoms with van der Waals surface area (Å²) in [5.41, 5.74) is 0.454. The molecule has 2 rings (SSSR count). The van der Waals surface area contributed by atoms with Crippen molar-refractivity contribution in [1.29, 1.82) is 0 Å². The fourth-order valence-corrected chi connectivity index (χ4v) is 2.90. The number of aromatic nitrogens is 1. The Kier molecular flexibility index (Phi) is 6.13. The predicted octanol–water partition coefficient (Wildman–Crippen LogP) is 2.61. The molecule has 0 saturated heterocycles. The average Bonchev–Trinajstić information content (AvgIpc) is 2.52. The third-order valence-corrected chi connectivity index (χ3v) is 4.16. The van der Waals surface area contributed by atoms with Crippen molar-refractivity contribution in [2.75, 3.05) is 6.54 Å². The van der Waals surface area contributed by atoms with Crippen molar-refractivity contribution in [3.05, 3.63) is 30.1 Å². The SMILES string of the molecule is CC(C)(C)OC(=O)C1CCC(NCC(O)c2ccncc2)CC1. The minimum absolute atomic E-state index is 0.0115. The van der Waals surface area contributed by atoms with E-state index in [0.717, 1.165) is 31.2 Å². The van der Waals surface area contributed by atoms with Gasteiger partial charge in [0.1, 0.15) is 5.60 Å². The normalized spacial score (nSPS) is 23.3. The monoisotopic (exact) mass is 320 g/mol. The molecule has 0 aliphatic heterocycles. The van der Waals surface area contributed by atoms with Crippen LogP contribution in [-0.4, -0.2) is 34.2 Å². The molecule has 1 aromatic rings. The first-order chi connectivity index (χ1) is 10.8. The van der Waals surface area contributed by atoms with Gasteiger partial charge in [-0.1, -0.05) is 0 Å². The van der Waals surface area contributed by atoms with Crippen molar-refractivity contribution in [2.45, 2.75) is 64.2 Å². The maximum Gasteiger partial charge on any atom is 0.309 e. The van der Waals surface area contributed by atoms with Gasteiger partial charge in [-0.2, -0.15) is 0 Å². The highest BCUT2D eigenvalue weighted by atomic mass is 16.6. The number of rotatable bonds is 5. The molecule has 0 aromatic carbocycles. The number of nitrogens with zero attached hydrogens (tertiary/aromatic N) is 1. The van der Waals surface area contributed by atoms with Crippen molar-refractivity contribution in [3.8, 4) is 0 Å². The Bertz CT molecular complexity index is 491. The van der Waals surface area contributed by atoms with Crippen molar-refractivity contribution in [2.24, 2.45) is 5.92 Å². The zero-order valence-corrected chi connectivity index (χ0v) is 14.3. The number of nitrogens with one attached hydrogen (secondary N) is 1. The average molecular weight is 320 g/mol. The van der Waals surface area contributed by atoms with Gasteiger partial charge in [-0.3, -0.25) is 9.78 Å². The van der Waals surface area contributed by atoms with Crippen LogP contribution in [0.5, 0.6) is 0 Å². The number of esters is 1. The van der Waals surface area contributed by atoms with Crippen LogP contribution >= 0.6 is 0 Å². The molecule has 23 heavy (non-hydrogen) atoms. The Morgan fingerprint density at radius 1 is 1.30 bits per heavy atom. The molecule has 1 heterocycles. The van der Waals surface area contributed by atoms with Crippen molar-refractivity contribution in [3.63, 3.8) is 0 Å². The van der Waals surface area contributed by atoms with E-state index >= 15 is 0 Å². The fourth-order valence-electron chi connectivity index (χ4n) is 2.90. The van der Waals surface area contributed by atoms with Gasteiger partial charge in [-0.15, -0.1) is 0 Å². The van der Waals surface area contributed by atoms with E-state index in [4.69, 9.17) is 4.74 Å². The first-order valence-electron chi connectivity index (χ1n) is 8.39. The lowest BCUT2D eigenvalue weighted by atomic mass is 9.86. The number of pyridine rings is 1. The van der Waals surface area contributed by atoms with Crippen molar-refractivity contribution in [1.82, 2.24) is 10.3 Å². The van der Waals surface area contributed by atoms with E-state index in [1.165, 1.54) is 0 Å². The van der Waals surface area contributed by atoms with Crippen LogP contribution in [0.25, 0.3) is 0 Å². The molecule has 128 valence electrons. The first-order valence-corrected chi connectivity index (χ1v) is 8.39. The third-order valence-electron chi connectivity index (χ3n) is 4.16. The second-order valence-electron chi connectivity index (χ2n) is 7.29. The summed E-state index contributed by atoms with van der Waals surface area (Å²) in [7, 11) is 0. The predicted molar refractivity (Wildman–Crippen MR) is 88.8 cm³/mol. The quantitative estimate of drug-likeness (QED) is 0.816. The summed E-state index contributed by atoms with van der Waals surface area (Å²) >= 11 is 0. The number of aliphatic hydroxyl groups excluding tert-OH is 1. The number of carbonyl (C=O) groups is 1. The van der Waals surface area contributed by atoms with Crippen LogP contribution in [0.2, 0.25) is 0 Å². The highest BCUT2D eigenvalue weighted by Gasteiger charge is 2.29. The van der Waals surface area contributed by atoms with Crippen LogP contribution in [0.3, 0.4) is 0 Å². The lowest BCUT2D eigenvalue weighted by Gasteiger charge is -2.30. The molecule has 1 saturated carbocycles. The summed E-state index contributed by atoms with van der Waals surface area (Å²) in [5.74, 6) is -0.0647. The van der Waals surface area contributed by atoms with Crippen molar-refractivity contribution >= 4 is 5.97 Å². The summed E-state index contributed by atoms with van der Waals surface area (Å²) in [5, 5.41) is 13.6. The van der Waals surface area contributed by atoms with Crippen LogP contribution in [0.4, 0.5) is 0 Å². The van der Waals surface area contributed by atoms with Gasteiger partial charge in [0.15, 0.2) is 0 Å². The van der Waals surface area contributed by atoms with E-state index in [2.05, 4.69) is 10.3 Å². The lowest BCUT2D eigenvalue weighted by Crippen LogP contribution is -2.38. The van der Waals surface area contributed by atoms with E-state index in [-0.39, 0.29) is 11.9 Å². The summed E-state index contributed by atoms with van der Waals surface area (Å²) in [6.07, 6.45) is 6.41. The maximum atomic E-state index is 12.1. The Hall–Kier alpha value is -1.46. The van der Waals surface area contributed by atoms with Crippen LogP contribution in [0.15, 0.2) is 24.5 Å². The summed E-state index contributed by atoms with van der Waals surface area (Å²) in [6.45, 7) is 6.22. The Labute approximate surface area is 138 Å². The molecule has 1 fully saturated rings. The molecule has 0 radical (unpaired) electrons. The summed E-state index contributed by atoms with van der Waals surface area (Å²) in [4.78, 5) is 16.0. The summed E-state index contributed by atoms with van der Waals surface area (Å²) in [6, 6.07) is 4.00. The standard InChI is InChI=1S/C18H28N2O3/c1-18(2,3)23-17(22)14-4-6-15(7-5-14)20-12-16(21)13-8-10-19-11-9-13/h8-11,14-16,20-21H,4-7,12H2,1-3H3. The van der Waals surface area contributed by atoms with E-state index in [0.29, 0.717) is 12.6 Å². The highest BCUT2D eigenvalue weighted by Crippen LogP contribution is 2.27. The second-order valence-corrected chi connectivity index (χ2v) is 7.29. The van der Waals surface area contributed by atoms with Crippen LogP contribution in [0.1, 0.15) is 58.1 Å². The minimum atomic E-state index is -0.526. The molecular weight excluding hydrogens is 292 g/mol. The maximum absolute atomic E-state index is 12.1. The van der Waals surface area contributed by atoms with E-state index < -0.39 is 11.7 Å². The Morgan fingerprint density at radius 3 is 2.48 bits per heavy atom. The molecule has 2 N–H and O–H groups in total. The van der Waals surface area contributed by atoms with Crippen LogP contribution in [-0.2, 0) is 9.53 Å². The lowest BCUT2D eigenvalue weighted by molar-refractivity contribution is -0.161. The Balaban J connectivity index is 1.72. The molecule has 0 spiro atoms. The number of hydrogen-bond donors (Lipinski definition) is 2. The topological polar surface area (TPSA) is 71.5 Å². The van der Waals surface area contributed by atoms with Gasteiger partial charge in [0, 0.05) is 25.0 Å². The van der Waals surface area contributed by atoms with Gasteiger partial charge >= 0.3 is 5.97 Å². The Morgan fingerprint density at radius 2 is 1.91 bits per heavy atom. The van der Waals surface area contributed by atoms with Gasteiger partial charge in [0.2, 0.25) is 0 Å². The van der Waals surface area contributed by atoms with Crippen LogP contribution < -0.4 is 5.32 Å². The molecule has 1 atom stereocenters. The smallest absolute Gasteiger partial charge is 0.309 e. The zero-order valence-electron chi connectivity index (χ0n) is 14.3. The molecule has 1 aliphatic carbocycles.